The fourth-order valence-electron chi connectivity index (χ4n) is 0.810. The van der Waals surface area contributed by atoms with E-state index in [0.29, 0.717) is 5.70 Å². The average molecular weight is 144 g/mol. The minimum atomic E-state index is 0.153. The molecule has 0 amide bonds. The molecule has 0 aromatic rings. The summed E-state index contributed by atoms with van der Waals surface area (Å²) < 4.78 is 0. The van der Waals surface area contributed by atoms with Gasteiger partial charge in [-0.15, -0.1) is 0 Å². The molecule has 0 saturated heterocycles. The highest BCUT2D eigenvalue weighted by Gasteiger charge is 2.07. The first-order valence-corrected chi connectivity index (χ1v) is 3.42. The third kappa shape index (κ3) is 3.48. The Hall–Kier alpha value is -0.540. The molecule has 0 spiro atoms. The van der Waals surface area contributed by atoms with Crippen LogP contribution in [0.15, 0.2) is 12.3 Å². The minimum Gasteiger partial charge on any atom is -0.328 e. The van der Waals surface area contributed by atoms with Crippen molar-refractivity contribution in [2.75, 3.05) is 0 Å². The molecule has 0 saturated carbocycles. The molecule has 10 heavy (non-hydrogen) atoms. The largest absolute Gasteiger partial charge is 0.328 e. The number of hydrogen-bond donors (Lipinski definition) is 3. The van der Waals surface area contributed by atoms with Crippen molar-refractivity contribution in [2.24, 2.45) is 11.7 Å². The van der Waals surface area contributed by atoms with E-state index in [-0.39, 0.29) is 12.0 Å². The van der Waals surface area contributed by atoms with Gasteiger partial charge >= 0.3 is 0 Å². The lowest BCUT2D eigenvalue weighted by Crippen LogP contribution is -2.22. The van der Waals surface area contributed by atoms with Crippen LogP contribution in [-0.4, -0.2) is 11.2 Å². The normalized spacial score (nSPS) is 16.0. The maximum Gasteiger partial charge on any atom is 0.0333 e. The van der Waals surface area contributed by atoms with E-state index in [9.17, 15) is 0 Å². The molecule has 2 atom stereocenters. The van der Waals surface area contributed by atoms with Crippen LogP contribution in [0.4, 0.5) is 0 Å². The second-order valence-electron chi connectivity index (χ2n) is 2.75. The van der Waals surface area contributed by atoms with Crippen molar-refractivity contribution in [2.45, 2.75) is 26.3 Å². The molecule has 60 valence electrons. The van der Waals surface area contributed by atoms with Crippen molar-refractivity contribution >= 4 is 0 Å². The Balaban J connectivity index is 3.61. The summed E-state index contributed by atoms with van der Waals surface area (Å²) >= 11 is 0. The van der Waals surface area contributed by atoms with Gasteiger partial charge in [0.25, 0.3) is 0 Å². The highest BCUT2D eigenvalue weighted by molar-refractivity contribution is 4.93. The molecular formula is C7H16N2O. The van der Waals surface area contributed by atoms with E-state index in [1.807, 2.05) is 19.3 Å². The van der Waals surface area contributed by atoms with Gasteiger partial charge in [0.05, 0.1) is 0 Å². The first-order valence-electron chi connectivity index (χ1n) is 3.42. The van der Waals surface area contributed by atoms with Crippen molar-refractivity contribution in [1.82, 2.24) is 5.48 Å². The maximum atomic E-state index is 8.43. The van der Waals surface area contributed by atoms with Gasteiger partial charge in [0.1, 0.15) is 0 Å². The quantitative estimate of drug-likeness (QED) is 0.513. The van der Waals surface area contributed by atoms with Crippen LogP contribution in [-0.2, 0) is 0 Å². The SMILES string of the molecule is C=C(NO)[C@@H](C)C[C@@H](C)N. The van der Waals surface area contributed by atoms with Crippen LogP contribution in [0.1, 0.15) is 20.3 Å². The lowest BCUT2D eigenvalue weighted by molar-refractivity contribution is 0.185. The molecule has 0 fully saturated rings. The number of nitrogens with two attached hydrogens (primary N) is 1. The highest BCUT2D eigenvalue weighted by atomic mass is 16.5. The molecule has 4 N–H and O–H groups in total. The van der Waals surface area contributed by atoms with Crippen molar-refractivity contribution in [1.29, 1.82) is 0 Å². The van der Waals surface area contributed by atoms with Crippen LogP contribution >= 0.6 is 0 Å². The lowest BCUT2D eigenvalue weighted by Gasteiger charge is -2.14. The van der Waals surface area contributed by atoms with E-state index in [0.717, 1.165) is 6.42 Å². The third-order valence-corrected chi connectivity index (χ3v) is 1.46. The Morgan fingerprint density at radius 2 is 2.20 bits per heavy atom. The van der Waals surface area contributed by atoms with E-state index >= 15 is 0 Å². The van der Waals surface area contributed by atoms with Crippen molar-refractivity contribution in [3.63, 3.8) is 0 Å². The highest BCUT2D eigenvalue weighted by Crippen LogP contribution is 2.10. The van der Waals surface area contributed by atoms with Gasteiger partial charge in [0.15, 0.2) is 0 Å². The molecule has 0 aliphatic heterocycles. The Kier molecular flexibility index (Phi) is 4.07. The summed E-state index contributed by atoms with van der Waals surface area (Å²) in [5, 5.41) is 8.43. The summed E-state index contributed by atoms with van der Waals surface area (Å²) in [6.45, 7) is 7.51. The zero-order valence-electron chi connectivity index (χ0n) is 6.59. The molecule has 0 aromatic carbocycles. The fourth-order valence-corrected chi connectivity index (χ4v) is 0.810. The van der Waals surface area contributed by atoms with Gasteiger partial charge in [-0.3, -0.25) is 10.7 Å². The van der Waals surface area contributed by atoms with Gasteiger partial charge in [-0.2, -0.15) is 0 Å². The van der Waals surface area contributed by atoms with Gasteiger partial charge in [0, 0.05) is 11.7 Å². The molecule has 0 aromatic heterocycles. The van der Waals surface area contributed by atoms with E-state index < -0.39 is 0 Å². The topological polar surface area (TPSA) is 58.3 Å². The molecule has 0 bridgehead atoms. The first kappa shape index (κ1) is 9.46. The van der Waals surface area contributed by atoms with E-state index in [2.05, 4.69) is 6.58 Å². The Morgan fingerprint density at radius 3 is 2.50 bits per heavy atom. The predicted octanol–water partition coefficient (Wildman–Crippen LogP) is 0.852. The third-order valence-electron chi connectivity index (χ3n) is 1.46. The second-order valence-corrected chi connectivity index (χ2v) is 2.75. The van der Waals surface area contributed by atoms with Crippen LogP contribution in [0, 0.1) is 5.92 Å². The zero-order valence-corrected chi connectivity index (χ0v) is 6.59. The summed E-state index contributed by atoms with van der Waals surface area (Å²) in [4.78, 5) is 0. The number of hydrogen-bond acceptors (Lipinski definition) is 3. The van der Waals surface area contributed by atoms with Gasteiger partial charge < -0.3 is 5.73 Å². The first-order chi connectivity index (χ1) is 4.57. The maximum absolute atomic E-state index is 8.43. The molecule has 0 aliphatic rings. The van der Waals surface area contributed by atoms with Gasteiger partial charge in [-0.05, 0) is 19.3 Å². The number of hydroxylamine groups is 1. The Labute approximate surface area is 61.9 Å². The van der Waals surface area contributed by atoms with Crippen molar-refractivity contribution < 1.29 is 5.21 Å². The number of nitrogens with one attached hydrogen (secondary N) is 1. The van der Waals surface area contributed by atoms with Gasteiger partial charge in [-0.1, -0.05) is 13.5 Å². The fraction of sp³-hybridized carbons (Fsp3) is 0.714. The molecule has 0 rings (SSSR count). The van der Waals surface area contributed by atoms with Gasteiger partial charge in [-0.25, -0.2) is 0 Å². The average Bonchev–Trinajstić information content (AvgIpc) is 1.85. The second kappa shape index (κ2) is 4.30. The molecule has 0 aliphatic carbocycles. The van der Waals surface area contributed by atoms with Crippen molar-refractivity contribution in [3.05, 3.63) is 12.3 Å². The van der Waals surface area contributed by atoms with Crippen LogP contribution < -0.4 is 11.2 Å². The smallest absolute Gasteiger partial charge is 0.0333 e. The predicted molar refractivity (Wildman–Crippen MR) is 41.5 cm³/mol. The molecule has 0 unspecified atom stereocenters. The summed E-state index contributed by atoms with van der Waals surface area (Å²) in [5.74, 6) is 0.227. The Bertz CT molecular complexity index is 112. The monoisotopic (exact) mass is 144 g/mol. The number of rotatable bonds is 4. The van der Waals surface area contributed by atoms with Crippen LogP contribution in [0.2, 0.25) is 0 Å². The van der Waals surface area contributed by atoms with Gasteiger partial charge in [0.2, 0.25) is 0 Å². The van der Waals surface area contributed by atoms with E-state index in [1.54, 1.807) is 0 Å². The zero-order chi connectivity index (χ0) is 8.15. The van der Waals surface area contributed by atoms with E-state index in [1.165, 1.54) is 0 Å². The summed E-state index contributed by atoms with van der Waals surface area (Å²) in [7, 11) is 0. The summed E-state index contributed by atoms with van der Waals surface area (Å²) in [5.41, 5.74) is 8.18. The summed E-state index contributed by atoms with van der Waals surface area (Å²) in [6.07, 6.45) is 0.840. The number of allylic oxidation sites excluding steroid dienone is 1. The van der Waals surface area contributed by atoms with Crippen LogP contribution in [0.25, 0.3) is 0 Å². The summed E-state index contributed by atoms with van der Waals surface area (Å²) in [6, 6.07) is 0.153. The van der Waals surface area contributed by atoms with Crippen LogP contribution in [0.3, 0.4) is 0 Å². The van der Waals surface area contributed by atoms with E-state index in [4.69, 9.17) is 10.9 Å². The standard InChI is InChI=1S/C7H16N2O/c1-5(4-6(2)8)7(3)9-10/h5-6,9-10H,3-4,8H2,1-2H3/t5-,6+/m0/s1. The van der Waals surface area contributed by atoms with Crippen LogP contribution in [0.5, 0.6) is 0 Å². The minimum absolute atomic E-state index is 0.153. The molecule has 3 nitrogen and oxygen atoms in total. The molecule has 3 heteroatoms. The molecule has 0 radical (unpaired) electrons. The lowest BCUT2D eigenvalue weighted by atomic mass is 10.0. The van der Waals surface area contributed by atoms with Crippen molar-refractivity contribution in [3.8, 4) is 0 Å². The molecule has 0 heterocycles. The molecular weight excluding hydrogens is 128 g/mol. The Morgan fingerprint density at radius 1 is 1.70 bits per heavy atom.